The molecule has 11 heteroatoms. The molecule has 0 saturated heterocycles. The van der Waals surface area contributed by atoms with Crippen LogP contribution in [0, 0.1) is 0 Å². The Morgan fingerprint density at radius 1 is 1.29 bits per heavy atom. The Hall–Kier alpha value is -2.50. The number of benzene rings is 1. The van der Waals surface area contributed by atoms with Crippen LogP contribution in [0.15, 0.2) is 56.9 Å². The average molecular weight is 434 g/mol. The highest BCUT2D eigenvalue weighted by atomic mass is 32.2. The van der Waals surface area contributed by atoms with Crippen LogP contribution in [0.4, 0.5) is 11.6 Å². The summed E-state index contributed by atoms with van der Waals surface area (Å²) in [4.78, 5) is 14.3. The van der Waals surface area contributed by atoms with Gasteiger partial charge in [-0.15, -0.1) is 33.3 Å². The highest BCUT2D eigenvalue weighted by Crippen LogP contribution is 2.25. The van der Waals surface area contributed by atoms with Crippen molar-refractivity contribution in [1.29, 1.82) is 0 Å². The number of nitrogens with two attached hydrogens (primary N) is 1. The number of thiophene rings is 1. The number of nitrogens with zero attached hydrogens (tertiary/aromatic N) is 4. The van der Waals surface area contributed by atoms with Gasteiger partial charge in [0.1, 0.15) is 0 Å². The maximum absolute atomic E-state index is 12.2. The molecule has 0 fully saturated rings. The number of carbonyl (C=O) groups is 1. The van der Waals surface area contributed by atoms with Gasteiger partial charge in [-0.25, -0.2) is 10.1 Å². The Morgan fingerprint density at radius 2 is 2.11 bits per heavy atom. The normalized spacial score (nSPS) is 11.4. The van der Waals surface area contributed by atoms with E-state index in [-0.39, 0.29) is 11.7 Å². The van der Waals surface area contributed by atoms with Gasteiger partial charge in [-0.2, -0.15) is 5.10 Å². The van der Waals surface area contributed by atoms with E-state index >= 15 is 0 Å². The molecule has 0 spiro atoms. The van der Waals surface area contributed by atoms with Crippen LogP contribution in [0.3, 0.4) is 0 Å². The smallest absolute Gasteiger partial charge is 0.264 e. The Bertz CT molecular complexity index is 969. The molecule has 0 radical (unpaired) electrons. The number of hydrazone groups is 1. The van der Waals surface area contributed by atoms with Crippen LogP contribution in [0.1, 0.15) is 11.8 Å². The second kappa shape index (κ2) is 9.62. The molecule has 0 aliphatic rings. The predicted octanol–water partition coefficient (Wildman–Crippen LogP) is 3.34. The number of thioether (sulfide) groups is 2. The molecular formula is C17H19N7OS3. The molecule has 0 aliphatic heterocycles. The van der Waals surface area contributed by atoms with Crippen molar-refractivity contribution < 1.29 is 4.79 Å². The highest BCUT2D eigenvalue weighted by molar-refractivity contribution is 7.99. The van der Waals surface area contributed by atoms with Gasteiger partial charge in [0, 0.05) is 9.77 Å². The molecular weight excluding hydrogens is 414 g/mol. The Balaban J connectivity index is 1.57. The van der Waals surface area contributed by atoms with Crippen molar-refractivity contribution in [3.63, 3.8) is 0 Å². The zero-order valence-corrected chi connectivity index (χ0v) is 17.7. The van der Waals surface area contributed by atoms with Gasteiger partial charge in [0.05, 0.1) is 17.2 Å². The monoisotopic (exact) mass is 433 g/mol. The van der Waals surface area contributed by atoms with E-state index in [0.717, 1.165) is 21.2 Å². The van der Waals surface area contributed by atoms with E-state index < -0.39 is 0 Å². The van der Waals surface area contributed by atoms with E-state index in [4.69, 9.17) is 5.84 Å². The zero-order chi connectivity index (χ0) is 19.9. The van der Waals surface area contributed by atoms with E-state index in [1.165, 1.54) is 16.4 Å². The number of rotatable bonds is 8. The minimum absolute atomic E-state index is 0.143. The molecule has 0 atom stereocenters. The first-order valence-electron chi connectivity index (χ1n) is 8.19. The molecule has 28 heavy (non-hydrogen) atoms. The molecule has 4 N–H and O–H groups in total. The van der Waals surface area contributed by atoms with Gasteiger partial charge < -0.3 is 11.2 Å². The number of amides is 1. The fourth-order valence-electron chi connectivity index (χ4n) is 2.19. The van der Waals surface area contributed by atoms with Crippen molar-refractivity contribution in [2.45, 2.75) is 17.0 Å². The second-order valence-corrected chi connectivity index (χ2v) is 8.24. The molecule has 0 saturated carbocycles. The Kier molecular flexibility index (Phi) is 6.95. The van der Waals surface area contributed by atoms with Gasteiger partial charge >= 0.3 is 0 Å². The van der Waals surface area contributed by atoms with Gasteiger partial charge in [0.25, 0.3) is 5.95 Å². The quantitative estimate of drug-likeness (QED) is 0.216. The molecule has 2 aromatic heterocycles. The summed E-state index contributed by atoms with van der Waals surface area (Å²) in [6, 6.07) is 11.6. The number of hydrogen-bond donors (Lipinski definition) is 3. The van der Waals surface area contributed by atoms with Crippen molar-refractivity contribution in [3.8, 4) is 0 Å². The Morgan fingerprint density at radius 3 is 2.86 bits per heavy atom. The van der Waals surface area contributed by atoms with E-state index in [9.17, 15) is 4.79 Å². The van der Waals surface area contributed by atoms with Crippen LogP contribution in [0.5, 0.6) is 0 Å². The van der Waals surface area contributed by atoms with Crippen molar-refractivity contribution in [1.82, 2.24) is 14.9 Å². The van der Waals surface area contributed by atoms with Gasteiger partial charge in [-0.1, -0.05) is 30.0 Å². The number of para-hydroxylation sites is 1. The molecule has 2 heterocycles. The number of anilines is 2. The standard InChI is InChI=1S/C17H19N7OS3/c1-11(13-8-5-9-27-13)20-21-16-22-23-17(24(16)18)28-10-15(25)19-12-6-3-4-7-14(12)26-2/h3-9H,10,18H2,1-2H3,(H,19,25)(H,21,22)/b20-11+. The first-order chi connectivity index (χ1) is 13.6. The molecule has 0 unspecified atom stereocenters. The maximum Gasteiger partial charge on any atom is 0.264 e. The van der Waals surface area contributed by atoms with Crippen molar-refractivity contribution in [2.75, 3.05) is 28.6 Å². The number of nitrogen functional groups attached to an aromatic ring is 1. The topological polar surface area (TPSA) is 110 Å². The summed E-state index contributed by atoms with van der Waals surface area (Å²) in [6.45, 7) is 1.89. The lowest BCUT2D eigenvalue weighted by molar-refractivity contribution is -0.113. The molecule has 146 valence electrons. The lowest BCUT2D eigenvalue weighted by atomic mass is 10.3. The molecule has 0 bridgehead atoms. The Labute approximate surface area is 175 Å². The van der Waals surface area contributed by atoms with Gasteiger partial charge in [0.2, 0.25) is 11.1 Å². The predicted molar refractivity (Wildman–Crippen MR) is 118 cm³/mol. The van der Waals surface area contributed by atoms with Gasteiger partial charge in [-0.3, -0.25) is 4.79 Å². The summed E-state index contributed by atoms with van der Waals surface area (Å²) in [5, 5.41) is 17.5. The average Bonchev–Trinajstić information content (AvgIpc) is 3.35. The second-order valence-electron chi connectivity index (χ2n) is 5.50. The maximum atomic E-state index is 12.2. The minimum atomic E-state index is -0.143. The molecule has 1 amide bonds. The molecule has 3 aromatic rings. The SMILES string of the molecule is CSc1ccccc1NC(=O)CSc1nnc(N/N=C(\C)c2cccs2)n1N. The van der Waals surface area contributed by atoms with Crippen LogP contribution >= 0.6 is 34.9 Å². The third kappa shape index (κ3) is 5.06. The van der Waals surface area contributed by atoms with Crippen molar-refractivity contribution in [2.24, 2.45) is 5.10 Å². The molecule has 0 aliphatic carbocycles. The molecule has 3 rings (SSSR count). The third-order valence-corrected chi connectivity index (χ3v) is 6.30. The van der Waals surface area contributed by atoms with Gasteiger partial charge in [0.15, 0.2) is 0 Å². The first-order valence-corrected chi connectivity index (χ1v) is 11.3. The van der Waals surface area contributed by atoms with Crippen LogP contribution in [0.25, 0.3) is 0 Å². The van der Waals surface area contributed by atoms with Gasteiger partial charge in [-0.05, 0) is 36.8 Å². The van der Waals surface area contributed by atoms with E-state index in [0.29, 0.717) is 11.1 Å². The summed E-state index contributed by atoms with van der Waals surface area (Å²) in [7, 11) is 0. The fourth-order valence-corrected chi connectivity index (χ4v) is 4.08. The summed E-state index contributed by atoms with van der Waals surface area (Å²) < 4.78 is 1.28. The van der Waals surface area contributed by atoms with Crippen LogP contribution in [-0.4, -0.2) is 38.5 Å². The zero-order valence-electron chi connectivity index (χ0n) is 15.2. The lowest BCUT2D eigenvalue weighted by Crippen LogP contribution is -2.17. The highest BCUT2D eigenvalue weighted by Gasteiger charge is 2.13. The fraction of sp³-hybridized carbons (Fsp3) is 0.176. The first kappa shape index (κ1) is 20.2. The summed E-state index contributed by atoms with van der Waals surface area (Å²) in [5.74, 6) is 6.32. The lowest BCUT2D eigenvalue weighted by Gasteiger charge is -2.08. The van der Waals surface area contributed by atoms with E-state index in [1.54, 1.807) is 23.1 Å². The van der Waals surface area contributed by atoms with Crippen LogP contribution in [0.2, 0.25) is 0 Å². The largest absolute Gasteiger partial charge is 0.334 e. The van der Waals surface area contributed by atoms with Crippen LogP contribution in [-0.2, 0) is 4.79 Å². The van der Waals surface area contributed by atoms with E-state index in [2.05, 4.69) is 26.0 Å². The number of hydrogen-bond acceptors (Lipinski definition) is 9. The molecule has 1 aromatic carbocycles. The van der Waals surface area contributed by atoms with Crippen LogP contribution < -0.4 is 16.6 Å². The molecule has 8 nitrogen and oxygen atoms in total. The number of nitrogens with one attached hydrogen (secondary N) is 2. The number of aromatic nitrogens is 3. The van der Waals surface area contributed by atoms with Crippen molar-refractivity contribution >= 4 is 58.1 Å². The summed E-state index contributed by atoms with van der Waals surface area (Å²) in [5.41, 5.74) is 4.41. The summed E-state index contributed by atoms with van der Waals surface area (Å²) >= 11 is 4.37. The minimum Gasteiger partial charge on any atom is -0.334 e. The number of carbonyl (C=O) groups excluding carboxylic acids is 1. The third-order valence-electron chi connectivity index (χ3n) is 3.58. The van der Waals surface area contributed by atoms with E-state index in [1.807, 2.05) is 55.0 Å². The van der Waals surface area contributed by atoms with Crippen molar-refractivity contribution in [3.05, 3.63) is 46.7 Å². The summed E-state index contributed by atoms with van der Waals surface area (Å²) in [6.07, 6.45) is 1.97.